The smallest absolute Gasteiger partial charge is 0.102 e. The van der Waals surface area contributed by atoms with Crippen molar-refractivity contribution >= 4 is 17.4 Å². The molecule has 0 atom stereocenters. The molecule has 0 saturated carbocycles. The number of hydrogen-bond acceptors (Lipinski definition) is 2. The Bertz CT molecular complexity index is 469. The van der Waals surface area contributed by atoms with Crippen molar-refractivity contribution in [2.45, 2.75) is 0 Å². The Labute approximate surface area is 91.9 Å². The summed E-state index contributed by atoms with van der Waals surface area (Å²) in [5.41, 5.74) is 1.91. The summed E-state index contributed by atoms with van der Waals surface area (Å²) in [5, 5.41) is 1.96. The van der Waals surface area contributed by atoms with Crippen LogP contribution < -0.4 is 0 Å². The zero-order valence-corrected chi connectivity index (χ0v) is 8.80. The first kappa shape index (κ1) is 10.1. The molecule has 2 aromatic rings. The van der Waals surface area contributed by atoms with Crippen LogP contribution >= 0.6 is 11.3 Å². The topological polar surface area (TPSA) is 12.9 Å². The van der Waals surface area contributed by atoms with Crippen LogP contribution in [0.15, 0.2) is 41.7 Å². The van der Waals surface area contributed by atoms with Gasteiger partial charge in [0.2, 0.25) is 0 Å². The number of rotatable bonds is 2. The number of hydrogen-bond donors (Lipinski definition) is 0. The first-order valence-corrected chi connectivity index (χ1v) is 5.33. The van der Waals surface area contributed by atoms with E-state index in [2.05, 4.69) is 11.9 Å². The molecule has 0 aliphatic heterocycles. The molecule has 0 N–H and O–H groups in total. The first-order chi connectivity index (χ1) is 7.25. The van der Waals surface area contributed by atoms with Gasteiger partial charge in [-0.25, -0.2) is 4.39 Å². The van der Waals surface area contributed by atoms with Crippen LogP contribution in [0.4, 0.5) is 4.39 Å². The maximum Gasteiger partial charge on any atom is 0.102 e. The monoisotopic (exact) mass is 218 g/mol. The van der Waals surface area contributed by atoms with Crippen LogP contribution in [0.25, 0.3) is 17.3 Å². The molecule has 3 heteroatoms. The van der Waals surface area contributed by atoms with Gasteiger partial charge in [0.15, 0.2) is 0 Å². The summed E-state index contributed by atoms with van der Waals surface area (Å²) in [6, 6.07) is 7.62. The third kappa shape index (κ3) is 2.50. The van der Waals surface area contributed by atoms with Crippen LogP contribution in [-0.4, -0.2) is 4.98 Å². The van der Waals surface area contributed by atoms with Gasteiger partial charge in [0.25, 0.3) is 0 Å². The maximum absolute atomic E-state index is 12.5. The molecule has 2 aromatic heterocycles. The van der Waals surface area contributed by atoms with Crippen LogP contribution in [-0.2, 0) is 0 Å². The van der Waals surface area contributed by atoms with E-state index in [-0.39, 0.29) is 0 Å². The second kappa shape index (κ2) is 4.36. The fourth-order valence-electron chi connectivity index (χ4n) is 1.25. The number of aromatic nitrogens is 1. The van der Waals surface area contributed by atoms with E-state index in [1.165, 1.54) is 17.4 Å². The summed E-state index contributed by atoms with van der Waals surface area (Å²) in [7, 11) is 0. The van der Waals surface area contributed by atoms with Gasteiger partial charge in [0, 0.05) is 28.9 Å². The van der Waals surface area contributed by atoms with Gasteiger partial charge in [-0.05, 0) is 24.3 Å². The van der Waals surface area contributed by atoms with Gasteiger partial charge in [-0.3, -0.25) is 4.98 Å². The van der Waals surface area contributed by atoms with Crippen molar-refractivity contribution in [1.29, 1.82) is 0 Å². The summed E-state index contributed by atoms with van der Waals surface area (Å²) in [6.07, 6.45) is 3.15. The van der Waals surface area contributed by atoms with Crippen molar-refractivity contribution in [3.63, 3.8) is 0 Å². The van der Waals surface area contributed by atoms with Crippen molar-refractivity contribution in [2.75, 3.05) is 0 Å². The van der Waals surface area contributed by atoms with Crippen molar-refractivity contribution < 1.29 is 4.39 Å². The predicted molar refractivity (Wildman–Crippen MR) is 62.0 cm³/mol. The quantitative estimate of drug-likeness (QED) is 0.743. The maximum atomic E-state index is 12.5. The molecule has 0 fully saturated rings. The summed E-state index contributed by atoms with van der Waals surface area (Å²) >= 11 is 1.48. The predicted octanol–water partition coefficient (Wildman–Crippen LogP) is 3.95. The van der Waals surface area contributed by atoms with Crippen LogP contribution in [0, 0.1) is 6.92 Å². The number of thiophene rings is 1. The number of halogens is 1. The molecule has 1 nitrogen and oxygen atoms in total. The lowest BCUT2D eigenvalue weighted by molar-refractivity contribution is 0.673. The Balaban J connectivity index is 2.32. The minimum Gasteiger partial charge on any atom is -0.256 e. The van der Waals surface area contributed by atoms with Gasteiger partial charge in [0.1, 0.15) is 5.83 Å². The van der Waals surface area contributed by atoms with E-state index in [9.17, 15) is 4.39 Å². The average Bonchev–Trinajstić information content (AvgIpc) is 2.67. The largest absolute Gasteiger partial charge is 0.256 e. The number of pyridine rings is 1. The molecular formula is C12H9FNS. The standard InChI is InChI=1S/C12H9FNS/c1-9(13)6-11-7-10(8-15-11)12-4-2-3-5-14-12/h2-8H,1H2/b9-6-. The third-order valence-electron chi connectivity index (χ3n) is 1.88. The zero-order valence-electron chi connectivity index (χ0n) is 7.98. The molecule has 75 valence electrons. The van der Waals surface area contributed by atoms with Gasteiger partial charge in [-0.2, -0.15) is 0 Å². The van der Waals surface area contributed by atoms with Gasteiger partial charge in [-0.1, -0.05) is 6.07 Å². The summed E-state index contributed by atoms with van der Waals surface area (Å²) in [5.74, 6) is -0.426. The van der Waals surface area contributed by atoms with Crippen LogP contribution in [0.3, 0.4) is 0 Å². The van der Waals surface area contributed by atoms with Gasteiger partial charge < -0.3 is 0 Å². The highest BCUT2D eigenvalue weighted by molar-refractivity contribution is 7.11. The normalized spacial score (nSPS) is 11.7. The van der Waals surface area contributed by atoms with Gasteiger partial charge in [-0.15, -0.1) is 11.3 Å². The molecule has 0 saturated heterocycles. The van der Waals surface area contributed by atoms with E-state index in [1.807, 2.05) is 29.6 Å². The van der Waals surface area contributed by atoms with E-state index in [1.54, 1.807) is 6.20 Å². The highest BCUT2D eigenvalue weighted by Gasteiger charge is 2.01. The molecule has 2 heterocycles. The van der Waals surface area contributed by atoms with Crippen LogP contribution in [0.1, 0.15) is 4.88 Å². The molecule has 0 amide bonds. The molecule has 0 aliphatic rings. The summed E-state index contributed by atoms with van der Waals surface area (Å²) in [4.78, 5) is 5.07. The van der Waals surface area contributed by atoms with Gasteiger partial charge >= 0.3 is 0 Å². The highest BCUT2D eigenvalue weighted by Crippen LogP contribution is 2.25. The molecule has 1 radical (unpaired) electrons. The van der Waals surface area contributed by atoms with Crippen LogP contribution in [0.2, 0.25) is 0 Å². The Morgan fingerprint density at radius 3 is 3.00 bits per heavy atom. The minimum absolute atomic E-state index is 0.426. The molecule has 0 aliphatic carbocycles. The van der Waals surface area contributed by atoms with E-state index in [0.717, 1.165) is 16.1 Å². The fraction of sp³-hybridized carbons (Fsp3) is 0. The second-order valence-corrected chi connectivity index (χ2v) is 3.99. The lowest BCUT2D eigenvalue weighted by atomic mass is 10.2. The SMILES string of the molecule is [CH2]/C(F)=C/c1cc(-c2ccccn2)cs1. The van der Waals surface area contributed by atoms with E-state index in [0.29, 0.717) is 0 Å². The minimum atomic E-state index is -0.426. The van der Waals surface area contributed by atoms with Crippen molar-refractivity contribution in [1.82, 2.24) is 4.98 Å². The molecule has 0 bridgehead atoms. The average molecular weight is 218 g/mol. The molecule has 0 aromatic carbocycles. The Morgan fingerprint density at radius 2 is 2.33 bits per heavy atom. The molecule has 15 heavy (non-hydrogen) atoms. The van der Waals surface area contributed by atoms with E-state index < -0.39 is 5.83 Å². The number of nitrogens with zero attached hydrogens (tertiary/aromatic N) is 1. The highest BCUT2D eigenvalue weighted by atomic mass is 32.1. The van der Waals surface area contributed by atoms with E-state index in [4.69, 9.17) is 0 Å². The molecule has 0 unspecified atom stereocenters. The molecule has 0 spiro atoms. The fourth-order valence-corrected chi connectivity index (χ4v) is 2.09. The Hall–Kier alpha value is -1.48. The second-order valence-electron chi connectivity index (χ2n) is 3.04. The summed E-state index contributed by atoms with van der Waals surface area (Å²) < 4.78 is 12.5. The summed E-state index contributed by atoms with van der Waals surface area (Å²) in [6.45, 7) is 3.20. The number of allylic oxidation sites excluding steroid dienone is 1. The van der Waals surface area contributed by atoms with Crippen molar-refractivity contribution in [2.24, 2.45) is 0 Å². The Kier molecular flexibility index (Phi) is 2.92. The van der Waals surface area contributed by atoms with Gasteiger partial charge in [0.05, 0.1) is 5.69 Å². The lowest BCUT2D eigenvalue weighted by Gasteiger charge is -1.93. The first-order valence-electron chi connectivity index (χ1n) is 4.45. The third-order valence-corrected chi connectivity index (χ3v) is 2.76. The molecule has 2 rings (SSSR count). The molecular weight excluding hydrogens is 209 g/mol. The van der Waals surface area contributed by atoms with Crippen molar-refractivity contribution in [3.8, 4) is 11.3 Å². The lowest BCUT2D eigenvalue weighted by Crippen LogP contribution is -1.77. The van der Waals surface area contributed by atoms with E-state index >= 15 is 0 Å². The van der Waals surface area contributed by atoms with Crippen LogP contribution in [0.5, 0.6) is 0 Å². The van der Waals surface area contributed by atoms with Crippen molar-refractivity contribution in [3.05, 3.63) is 53.5 Å². The zero-order chi connectivity index (χ0) is 10.7. The Morgan fingerprint density at radius 1 is 1.47 bits per heavy atom.